The van der Waals surface area contributed by atoms with Crippen molar-refractivity contribution in [1.29, 1.82) is 0 Å². The molecule has 4 aromatic rings. The van der Waals surface area contributed by atoms with Gasteiger partial charge in [-0.15, -0.1) is 10.2 Å². The van der Waals surface area contributed by atoms with Gasteiger partial charge in [0.05, 0.1) is 0 Å². The van der Waals surface area contributed by atoms with Gasteiger partial charge >= 0.3 is 0 Å². The SMILES string of the molecule is Fc1ccc(-c2nnc(-c3ccc(F)c(F)c3)n2-c2ccccc2)cc1F. The lowest BCUT2D eigenvalue weighted by Gasteiger charge is -2.11. The number of hydrogen-bond donors (Lipinski definition) is 0. The Morgan fingerprint density at radius 3 is 1.48 bits per heavy atom. The van der Waals surface area contributed by atoms with Gasteiger partial charge in [0, 0.05) is 16.8 Å². The Hall–Kier alpha value is -3.48. The van der Waals surface area contributed by atoms with E-state index in [9.17, 15) is 17.6 Å². The molecule has 0 aliphatic carbocycles. The third kappa shape index (κ3) is 3.08. The minimum Gasteiger partial charge on any atom is -0.275 e. The summed E-state index contributed by atoms with van der Waals surface area (Å²) in [6, 6.07) is 15.6. The van der Waals surface area contributed by atoms with E-state index in [1.807, 2.05) is 6.07 Å². The lowest BCUT2D eigenvalue weighted by Crippen LogP contribution is -2.01. The van der Waals surface area contributed by atoms with Crippen LogP contribution in [0.1, 0.15) is 0 Å². The summed E-state index contributed by atoms with van der Waals surface area (Å²) >= 11 is 0. The molecule has 134 valence electrons. The summed E-state index contributed by atoms with van der Waals surface area (Å²) in [5.41, 5.74) is 1.21. The Balaban J connectivity index is 1.96. The van der Waals surface area contributed by atoms with Crippen molar-refractivity contribution in [3.63, 3.8) is 0 Å². The first kappa shape index (κ1) is 17.0. The van der Waals surface area contributed by atoms with Crippen molar-refractivity contribution in [2.75, 3.05) is 0 Å². The van der Waals surface area contributed by atoms with E-state index in [1.165, 1.54) is 12.1 Å². The molecular formula is C20H11F4N3. The topological polar surface area (TPSA) is 30.7 Å². The van der Waals surface area contributed by atoms with Gasteiger partial charge in [-0.3, -0.25) is 4.57 Å². The zero-order valence-electron chi connectivity index (χ0n) is 13.7. The molecule has 27 heavy (non-hydrogen) atoms. The molecule has 0 aliphatic heterocycles. The maximum Gasteiger partial charge on any atom is 0.168 e. The lowest BCUT2D eigenvalue weighted by atomic mass is 10.1. The largest absolute Gasteiger partial charge is 0.275 e. The fourth-order valence-corrected chi connectivity index (χ4v) is 2.75. The molecule has 0 radical (unpaired) electrons. The molecule has 0 saturated carbocycles. The molecule has 3 nitrogen and oxygen atoms in total. The van der Waals surface area contributed by atoms with E-state index in [0.29, 0.717) is 16.8 Å². The highest BCUT2D eigenvalue weighted by atomic mass is 19.2. The van der Waals surface area contributed by atoms with Crippen LogP contribution in [0.25, 0.3) is 28.5 Å². The molecule has 1 heterocycles. The Kier molecular flexibility index (Phi) is 4.19. The molecule has 0 saturated heterocycles. The van der Waals surface area contributed by atoms with Gasteiger partial charge in [0.2, 0.25) is 0 Å². The molecule has 4 rings (SSSR count). The van der Waals surface area contributed by atoms with Gasteiger partial charge in [-0.2, -0.15) is 0 Å². The molecule has 0 unspecified atom stereocenters. The minimum atomic E-state index is -1.02. The Morgan fingerprint density at radius 1 is 0.556 bits per heavy atom. The van der Waals surface area contributed by atoms with E-state index in [0.717, 1.165) is 24.3 Å². The van der Waals surface area contributed by atoms with Crippen molar-refractivity contribution in [2.24, 2.45) is 0 Å². The Labute approximate surface area is 151 Å². The number of hydrogen-bond acceptors (Lipinski definition) is 2. The van der Waals surface area contributed by atoms with Crippen molar-refractivity contribution in [2.45, 2.75) is 0 Å². The van der Waals surface area contributed by atoms with Crippen LogP contribution in [0, 0.1) is 23.3 Å². The fourth-order valence-electron chi connectivity index (χ4n) is 2.75. The van der Waals surface area contributed by atoms with Crippen molar-refractivity contribution < 1.29 is 17.6 Å². The monoisotopic (exact) mass is 369 g/mol. The van der Waals surface area contributed by atoms with Crippen molar-refractivity contribution in [1.82, 2.24) is 14.8 Å². The summed E-state index contributed by atoms with van der Waals surface area (Å²) in [4.78, 5) is 0. The highest BCUT2D eigenvalue weighted by Gasteiger charge is 2.19. The molecule has 0 amide bonds. The van der Waals surface area contributed by atoms with Crippen LogP contribution in [-0.2, 0) is 0 Å². The average molecular weight is 369 g/mol. The highest BCUT2D eigenvalue weighted by Crippen LogP contribution is 2.29. The predicted molar refractivity (Wildman–Crippen MR) is 92.1 cm³/mol. The molecule has 0 fully saturated rings. The molecule has 0 spiro atoms. The van der Waals surface area contributed by atoms with Crippen molar-refractivity contribution in [3.8, 4) is 28.5 Å². The number of halogens is 4. The number of rotatable bonds is 3. The molecule has 3 aromatic carbocycles. The van der Waals surface area contributed by atoms with E-state index < -0.39 is 23.3 Å². The second-order valence-corrected chi connectivity index (χ2v) is 5.78. The van der Waals surface area contributed by atoms with Crippen molar-refractivity contribution in [3.05, 3.63) is 90.0 Å². The molecular weight excluding hydrogens is 358 g/mol. The summed E-state index contributed by atoms with van der Waals surface area (Å²) in [5, 5.41) is 8.14. The zero-order chi connectivity index (χ0) is 19.0. The molecule has 0 atom stereocenters. The van der Waals surface area contributed by atoms with Gasteiger partial charge in [0.1, 0.15) is 0 Å². The van der Waals surface area contributed by atoms with Gasteiger partial charge in [-0.05, 0) is 48.5 Å². The lowest BCUT2D eigenvalue weighted by molar-refractivity contribution is 0.509. The van der Waals surface area contributed by atoms with Gasteiger partial charge < -0.3 is 0 Å². The van der Waals surface area contributed by atoms with E-state index in [2.05, 4.69) is 10.2 Å². The Morgan fingerprint density at radius 2 is 1.04 bits per heavy atom. The van der Waals surface area contributed by atoms with Crippen LogP contribution in [0.3, 0.4) is 0 Å². The predicted octanol–water partition coefficient (Wildman–Crippen LogP) is 5.16. The molecule has 1 aromatic heterocycles. The molecule has 0 bridgehead atoms. The first-order chi connectivity index (χ1) is 13.0. The normalized spacial score (nSPS) is 11.0. The average Bonchev–Trinajstić information content (AvgIpc) is 3.12. The maximum absolute atomic E-state index is 13.7. The standard InChI is InChI=1S/C20H11F4N3/c21-15-8-6-12(10-17(15)23)19-25-26-20(13-7-9-16(22)18(24)11-13)27(19)14-4-2-1-3-5-14/h1-11H. The highest BCUT2D eigenvalue weighted by molar-refractivity contribution is 5.66. The minimum absolute atomic E-state index is 0.236. The van der Waals surface area contributed by atoms with Crippen LogP contribution in [-0.4, -0.2) is 14.8 Å². The van der Waals surface area contributed by atoms with E-state index in [-0.39, 0.29) is 11.6 Å². The van der Waals surface area contributed by atoms with Crippen LogP contribution in [0.2, 0.25) is 0 Å². The smallest absolute Gasteiger partial charge is 0.168 e. The summed E-state index contributed by atoms with van der Waals surface area (Å²) < 4.78 is 55.6. The first-order valence-electron chi connectivity index (χ1n) is 7.96. The third-order valence-corrected chi connectivity index (χ3v) is 4.03. The summed E-state index contributed by atoms with van der Waals surface area (Å²) in [6.45, 7) is 0. The quantitative estimate of drug-likeness (QED) is 0.467. The van der Waals surface area contributed by atoms with Crippen LogP contribution in [0.15, 0.2) is 66.7 Å². The van der Waals surface area contributed by atoms with Crippen LogP contribution < -0.4 is 0 Å². The zero-order valence-corrected chi connectivity index (χ0v) is 13.7. The van der Waals surface area contributed by atoms with Crippen LogP contribution in [0.5, 0.6) is 0 Å². The van der Waals surface area contributed by atoms with Gasteiger partial charge in [-0.25, -0.2) is 17.6 Å². The maximum atomic E-state index is 13.7. The van der Waals surface area contributed by atoms with Gasteiger partial charge in [-0.1, -0.05) is 18.2 Å². The Bertz CT molecular complexity index is 1050. The number of para-hydroxylation sites is 1. The summed E-state index contributed by atoms with van der Waals surface area (Å²) in [5.74, 6) is -3.54. The number of benzene rings is 3. The first-order valence-corrected chi connectivity index (χ1v) is 7.96. The van der Waals surface area contributed by atoms with Crippen LogP contribution >= 0.6 is 0 Å². The number of nitrogens with zero attached hydrogens (tertiary/aromatic N) is 3. The van der Waals surface area contributed by atoms with E-state index in [4.69, 9.17) is 0 Å². The van der Waals surface area contributed by atoms with Crippen molar-refractivity contribution >= 4 is 0 Å². The van der Waals surface area contributed by atoms with E-state index in [1.54, 1.807) is 28.8 Å². The van der Waals surface area contributed by atoms with Gasteiger partial charge in [0.15, 0.2) is 34.9 Å². The van der Waals surface area contributed by atoms with Crippen LogP contribution in [0.4, 0.5) is 17.6 Å². The molecule has 7 heteroatoms. The summed E-state index contributed by atoms with van der Waals surface area (Å²) in [7, 11) is 0. The van der Waals surface area contributed by atoms with Gasteiger partial charge in [0.25, 0.3) is 0 Å². The molecule has 0 N–H and O–H groups in total. The molecule has 0 aliphatic rings. The second kappa shape index (κ2) is 6.68. The fraction of sp³-hybridized carbons (Fsp3) is 0. The van der Waals surface area contributed by atoms with E-state index >= 15 is 0 Å². The second-order valence-electron chi connectivity index (χ2n) is 5.78. The summed E-state index contributed by atoms with van der Waals surface area (Å²) in [6.07, 6.45) is 0. The number of aromatic nitrogens is 3. The third-order valence-electron chi connectivity index (χ3n) is 4.03.